The van der Waals surface area contributed by atoms with Crippen molar-refractivity contribution < 1.29 is 24.5 Å². The zero-order chi connectivity index (χ0) is 56.4. The molecule has 0 aliphatic carbocycles. The van der Waals surface area contributed by atoms with Gasteiger partial charge < -0.3 is 20.3 Å². The Bertz CT molecular complexity index is 1180. The SMILES string of the molecule is CCCCCCCCCCCCCCCCCCCCCCCCCCC(O)C(CO)NC(=O)CCCCCCCCCC/C=C\CCCCCCCCCCCCCCOC(=O)CCCCCCCCCCCCCCC. The van der Waals surface area contributed by atoms with Gasteiger partial charge in [-0.25, -0.2) is 0 Å². The van der Waals surface area contributed by atoms with Crippen molar-refractivity contribution in [2.75, 3.05) is 13.2 Å². The molecule has 0 aromatic carbocycles. The molecule has 0 bridgehead atoms. The van der Waals surface area contributed by atoms with Crippen LogP contribution in [-0.4, -0.2) is 47.4 Å². The smallest absolute Gasteiger partial charge is 0.305 e. The van der Waals surface area contributed by atoms with Gasteiger partial charge in [0.1, 0.15) is 0 Å². The third-order valence-corrected chi connectivity index (χ3v) is 17.1. The lowest BCUT2D eigenvalue weighted by atomic mass is 10.0. The second kappa shape index (κ2) is 68.1. The number of hydrogen-bond donors (Lipinski definition) is 3. The second-order valence-corrected chi connectivity index (χ2v) is 24.9. The first kappa shape index (κ1) is 76.6. The molecule has 0 heterocycles. The van der Waals surface area contributed by atoms with Gasteiger partial charge in [-0.3, -0.25) is 9.59 Å². The van der Waals surface area contributed by atoms with Crippen molar-refractivity contribution in [2.24, 2.45) is 0 Å². The second-order valence-electron chi connectivity index (χ2n) is 24.9. The number of carbonyl (C=O) groups excluding carboxylic acids is 2. The molecule has 0 spiro atoms. The number of hydrogen-bond acceptors (Lipinski definition) is 5. The Kier molecular flexibility index (Phi) is 66.9. The number of aliphatic hydroxyl groups excluding tert-OH is 2. The van der Waals surface area contributed by atoms with E-state index in [2.05, 4.69) is 31.3 Å². The molecule has 0 aromatic heterocycles. The predicted octanol–water partition coefficient (Wildman–Crippen LogP) is 23.1. The Morgan fingerprint density at radius 3 is 0.910 bits per heavy atom. The minimum absolute atomic E-state index is 0.0153. The predicted molar refractivity (Wildman–Crippen MR) is 343 cm³/mol. The molecule has 6 nitrogen and oxygen atoms in total. The van der Waals surface area contributed by atoms with Crippen LogP contribution in [0.1, 0.15) is 412 Å². The van der Waals surface area contributed by atoms with Crippen molar-refractivity contribution in [1.82, 2.24) is 5.32 Å². The third kappa shape index (κ3) is 63.8. The first-order chi connectivity index (χ1) is 38.5. The van der Waals surface area contributed by atoms with E-state index in [0.29, 0.717) is 25.9 Å². The highest BCUT2D eigenvalue weighted by Crippen LogP contribution is 2.19. The van der Waals surface area contributed by atoms with Gasteiger partial charge in [0.2, 0.25) is 5.91 Å². The monoisotopic (exact) mass is 1100 g/mol. The van der Waals surface area contributed by atoms with Crippen LogP contribution >= 0.6 is 0 Å². The largest absolute Gasteiger partial charge is 0.466 e. The van der Waals surface area contributed by atoms with Gasteiger partial charge in [0.15, 0.2) is 0 Å². The molecule has 0 aliphatic rings. The van der Waals surface area contributed by atoms with Gasteiger partial charge in [0, 0.05) is 12.8 Å². The number of carbonyl (C=O) groups is 2. The lowest BCUT2D eigenvalue weighted by molar-refractivity contribution is -0.143. The number of allylic oxidation sites excluding steroid dienone is 2. The first-order valence-corrected chi connectivity index (χ1v) is 35.9. The summed E-state index contributed by atoms with van der Waals surface area (Å²) in [4.78, 5) is 24.6. The van der Waals surface area contributed by atoms with Gasteiger partial charge in [-0.1, -0.05) is 360 Å². The van der Waals surface area contributed by atoms with Crippen LogP contribution in [0.2, 0.25) is 0 Å². The van der Waals surface area contributed by atoms with Gasteiger partial charge in [-0.2, -0.15) is 0 Å². The van der Waals surface area contributed by atoms with E-state index >= 15 is 0 Å². The highest BCUT2D eigenvalue weighted by atomic mass is 16.5. The zero-order valence-electron chi connectivity index (χ0n) is 53.2. The van der Waals surface area contributed by atoms with Crippen LogP contribution in [0.3, 0.4) is 0 Å². The minimum Gasteiger partial charge on any atom is -0.466 e. The minimum atomic E-state index is -0.668. The summed E-state index contributed by atoms with van der Waals surface area (Å²) in [5.41, 5.74) is 0. The van der Waals surface area contributed by atoms with Gasteiger partial charge in [0.25, 0.3) is 0 Å². The van der Waals surface area contributed by atoms with Crippen molar-refractivity contribution >= 4 is 11.9 Å². The first-order valence-electron chi connectivity index (χ1n) is 35.9. The number of esters is 1. The Balaban J connectivity index is 3.40. The van der Waals surface area contributed by atoms with Crippen LogP contribution in [0.4, 0.5) is 0 Å². The molecule has 78 heavy (non-hydrogen) atoms. The molecular formula is C72H141NO5. The average Bonchev–Trinajstić information content (AvgIpc) is 3.44. The van der Waals surface area contributed by atoms with Crippen LogP contribution in [0.5, 0.6) is 0 Å². The van der Waals surface area contributed by atoms with Crippen LogP contribution in [-0.2, 0) is 14.3 Å². The summed E-state index contributed by atoms with van der Waals surface area (Å²) >= 11 is 0. The van der Waals surface area contributed by atoms with E-state index in [1.165, 1.54) is 340 Å². The van der Waals surface area contributed by atoms with E-state index < -0.39 is 12.1 Å². The van der Waals surface area contributed by atoms with Crippen molar-refractivity contribution in [3.05, 3.63) is 12.2 Å². The van der Waals surface area contributed by atoms with Crippen LogP contribution in [0.25, 0.3) is 0 Å². The molecule has 0 saturated carbocycles. The molecule has 0 aliphatic heterocycles. The molecular weight excluding hydrogens is 959 g/mol. The topological polar surface area (TPSA) is 95.9 Å². The molecule has 2 atom stereocenters. The lowest BCUT2D eigenvalue weighted by Crippen LogP contribution is -2.45. The fourth-order valence-corrected chi connectivity index (χ4v) is 11.6. The summed E-state index contributed by atoms with van der Waals surface area (Å²) in [5, 5.41) is 23.4. The maximum Gasteiger partial charge on any atom is 0.305 e. The number of ether oxygens (including phenoxy) is 1. The fourth-order valence-electron chi connectivity index (χ4n) is 11.6. The highest BCUT2D eigenvalue weighted by molar-refractivity contribution is 5.76. The Morgan fingerprint density at radius 1 is 0.346 bits per heavy atom. The van der Waals surface area contributed by atoms with Crippen LogP contribution < -0.4 is 5.32 Å². The summed E-state index contributed by atoms with van der Waals surface area (Å²) in [6.07, 6.45) is 84.0. The van der Waals surface area contributed by atoms with E-state index in [9.17, 15) is 19.8 Å². The molecule has 6 heteroatoms. The number of rotatable bonds is 68. The molecule has 464 valence electrons. The summed E-state index contributed by atoms with van der Waals surface area (Å²) in [7, 11) is 0. The van der Waals surface area contributed by atoms with Gasteiger partial charge in [0.05, 0.1) is 25.4 Å². The Hall–Kier alpha value is -1.40. The molecule has 1 amide bonds. The number of aliphatic hydroxyl groups is 2. The van der Waals surface area contributed by atoms with Gasteiger partial charge in [-0.15, -0.1) is 0 Å². The molecule has 0 aromatic rings. The zero-order valence-corrected chi connectivity index (χ0v) is 53.2. The maximum atomic E-state index is 12.6. The summed E-state index contributed by atoms with van der Waals surface area (Å²) in [6.45, 7) is 5.00. The van der Waals surface area contributed by atoms with Crippen molar-refractivity contribution in [3.63, 3.8) is 0 Å². The Labute approximate surface area is 489 Å². The normalized spacial score (nSPS) is 12.5. The van der Waals surface area contributed by atoms with Crippen LogP contribution in [0, 0.1) is 0 Å². The van der Waals surface area contributed by atoms with Crippen molar-refractivity contribution in [2.45, 2.75) is 424 Å². The number of amides is 1. The Morgan fingerprint density at radius 2 is 0.603 bits per heavy atom. The summed E-state index contributed by atoms with van der Waals surface area (Å²) in [5.74, 6) is -0.0188. The molecule has 0 rings (SSSR count). The molecule has 0 radical (unpaired) electrons. The highest BCUT2D eigenvalue weighted by Gasteiger charge is 2.20. The lowest BCUT2D eigenvalue weighted by Gasteiger charge is -2.22. The average molecular weight is 1100 g/mol. The van der Waals surface area contributed by atoms with Gasteiger partial charge >= 0.3 is 5.97 Å². The standard InChI is InChI=1S/C72H141NO5/c1-3-5-7-9-11-13-15-17-18-19-20-21-22-25-28-31-34-37-41-44-48-52-56-60-64-70(75)69(68-74)73-71(76)65-61-57-53-49-45-42-38-35-32-29-26-23-24-27-30-33-36-39-43-47-51-55-59-63-67-78-72(77)66-62-58-54-50-46-40-16-14-12-10-8-6-4-2/h26,29,69-70,74-75H,3-25,27-28,30-68H2,1-2H3,(H,73,76)/b29-26-. The number of unbranched alkanes of at least 4 members (excludes halogenated alkanes) is 55. The summed E-state index contributed by atoms with van der Waals surface area (Å²) < 4.78 is 5.49. The molecule has 0 fully saturated rings. The molecule has 0 saturated heterocycles. The molecule has 2 unspecified atom stereocenters. The van der Waals surface area contributed by atoms with Crippen molar-refractivity contribution in [1.29, 1.82) is 0 Å². The van der Waals surface area contributed by atoms with E-state index in [-0.39, 0.29) is 18.5 Å². The quantitative estimate of drug-likeness (QED) is 0.0320. The van der Waals surface area contributed by atoms with Crippen LogP contribution in [0.15, 0.2) is 12.2 Å². The van der Waals surface area contributed by atoms with Gasteiger partial charge in [-0.05, 0) is 51.4 Å². The van der Waals surface area contributed by atoms with E-state index in [1.807, 2.05) is 0 Å². The molecule has 3 N–H and O–H groups in total. The summed E-state index contributed by atoms with van der Waals surface area (Å²) in [6, 6.07) is -0.546. The van der Waals surface area contributed by atoms with Crippen molar-refractivity contribution in [3.8, 4) is 0 Å². The maximum absolute atomic E-state index is 12.6. The van der Waals surface area contributed by atoms with E-state index in [0.717, 1.165) is 38.5 Å². The fraction of sp³-hybridized carbons (Fsp3) is 0.944. The number of nitrogens with one attached hydrogen (secondary N) is 1. The van der Waals surface area contributed by atoms with E-state index in [1.54, 1.807) is 0 Å². The van der Waals surface area contributed by atoms with E-state index in [4.69, 9.17) is 4.74 Å². The third-order valence-electron chi connectivity index (χ3n) is 17.1.